The number of ketones is 1. The van der Waals surface area contributed by atoms with Gasteiger partial charge >= 0.3 is 6.03 Å². The summed E-state index contributed by atoms with van der Waals surface area (Å²) >= 11 is 0. The number of primary amides is 1. The molecule has 0 spiro atoms. The number of hydrogen-bond acceptors (Lipinski definition) is 3. The lowest BCUT2D eigenvalue weighted by Gasteiger charge is -2.57. The number of nitrogens with one attached hydrogen (secondary N) is 1. The second-order valence-corrected chi connectivity index (χ2v) is 9.00. The number of rotatable bonds is 1. The third kappa shape index (κ3) is 2.46. The van der Waals surface area contributed by atoms with Crippen LogP contribution in [0.2, 0.25) is 0 Å². The first kappa shape index (κ1) is 16.8. The van der Waals surface area contributed by atoms with Crippen molar-refractivity contribution < 1.29 is 9.59 Å². The molecule has 2 amide bonds. The molecule has 0 radical (unpaired) electrons. The van der Waals surface area contributed by atoms with Gasteiger partial charge in [0.25, 0.3) is 0 Å². The van der Waals surface area contributed by atoms with Crippen LogP contribution in [-0.4, -0.2) is 17.5 Å². The summed E-state index contributed by atoms with van der Waals surface area (Å²) in [5, 5.41) is 4.36. The fraction of sp³-hybridized carbons (Fsp3) is 0.750. The monoisotopic (exact) mass is 343 g/mol. The van der Waals surface area contributed by atoms with Crippen molar-refractivity contribution in [2.75, 3.05) is 0 Å². The van der Waals surface area contributed by atoms with Crippen molar-refractivity contribution in [3.8, 4) is 0 Å². The van der Waals surface area contributed by atoms with Gasteiger partial charge in [-0.05, 0) is 74.2 Å². The lowest BCUT2D eigenvalue weighted by atomic mass is 9.47. The molecule has 0 unspecified atom stereocenters. The summed E-state index contributed by atoms with van der Waals surface area (Å²) in [6, 6.07) is -0.583. The standard InChI is InChI=1S/C20H29N3O2/c1-19-9-7-13(24)11-12(19)3-4-14-15-5-6-17(22-23-18(21)25)20(15,2)10-8-16(14)19/h11,14-16H,3-10H2,1-2H3,(H3,21,23,25)/b22-17-/t14-,15+,16-,19+,20+/m1/s1. The molecule has 5 atom stereocenters. The van der Waals surface area contributed by atoms with Crippen molar-refractivity contribution in [2.24, 2.45) is 39.4 Å². The van der Waals surface area contributed by atoms with Crippen LogP contribution in [0.1, 0.15) is 65.2 Å². The van der Waals surface area contributed by atoms with Gasteiger partial charge < -0.3 is 5.73 Å². The molecule has 0 aromatic carbocycles. The van der Waals surface area contributed by atoms with Crippen molar-refractivity contribution in [2.45, 2.75) is 65.2 Å². The average molecular weight is 343 g/mol. The Balaban J connectivity index is 1.62. The Labute approximate surface area is 149 Å². The first-order chi connectivity index (χ1) is 11.8. The van der Waals surface area contributed by atoms with E-state index in [2.05, 4.69) is 24.4 Å². The van der Waals surface area contributed by atoms with Gasteiger partial charge in [0, 0.05) is 17.5 Å². The van der Waals surface area contributed by atoms with Gasteiger partial charge in [0.05, 0.1) is 0 Å². The summed E-state index contributed by atoms with van der Waals surface area (Å²) < 4.78 is 0. The highest BCUT2D eigenvalue weighted by Crippen LogP contribution is 2.64. The van der Waals surface area contributed by atoms with Crippen molar-refractivity contribution in [1.82, 2.24) is 5.43 Å². The van der Waals surface area contributed by atoms with Crippen molar-refractivity contribution in [3.05, 3.63) is 11.6 Å². The summed E-state index contributed by atoms with van der Waals surface area (Å²) in [5.74, 6) is 2.34. The van der Waals surface area contributed by atoms with Crippen molar-refractivity contribution in [3.63, 3.8) is 0 Å². The van der Waals surface area contributed by atoms with E-state index in [1.165, 1.54) is 18.4 Å². The highest BCUT2D eigenvalue weighted by Gasteiger charge is 2.58. The predicted molar refractivity (Wildman–Crippen MR) is 96.9 cm³/mol. The zero-order valence-electron chi connectivity index (χ0n) is 15.3. The molecule has 4 aliphatic rings. The van der Waals surface area contributed by atoms with Gasteiger partial charge in [0.1, 0.15) is 0 Å². The molecule has 3 N–H and O–H groups in total. The lowest BCUT2D eigenvalue weighted by molar-refractivity contribution is -0.117. The van der Waals surface area contributed by atoms with Gasteiger partial charge in [-0.15, -0.1) is 0 Å². The van der Waals surface area contributed by atoms with E-state index >= 15 is 0 Å². The van der Waals surface area contributed by atoms with E-state index in [0.717, 1.165) is 37.8 Å². The van der Waals surface area contributed by atoms with Crippen LogP contribution in [0.3, 0.4) is 0 Å². The Bertz CT molecular complexity index is 682. The molecule has 3 saturated carbocycles. The number of urea groups is 1. The fourth-order valence-electron chi connectivity index (χ4n) is 6.65. The maximum atomic E-state index is 11.9. The smallest absolute Gasteiger partial charge is 0.332 e. The van der Waals surface area contributed by atoms with Gasteiger partial charge in [-0.3, -0.25) is 4.79 Å². The zero-order valence-corrected chi connectivity index (χ0v) is 15.3. The van der Waals surface area contributed by atoms with E-state index in [4.69, 9.17) is 5.73 Å². The van der Waals surface area contributed by atoms with Gasteiger partial charge in [0.15, 0.2) is 5.78 Å². The van der Waals surface area contributed by atoms with E-state index in [9.17, 15) is 9.59 Å². The summed E-state index contributed by atoms with van der Waals surface area (Å²) in [6.07, 6.45) is 10.4. The first-order valence-electron chi connectivity index (χ1n) is 9.71. The van der Waals surface area contributed by atoms with E-state index in [1.807, 2.05) is 6.08 Å². The molecular formula is C20H29N3O2. The molecule has 0 aliphatic heterocycles. The minimum atomic E-state index is -0.583. The van der Waals surface area contributed by atoms with Crippen LogP contribution in [0.4, 0.5) is 4.79 Å². The summed E-state index contributed by atoms with van der Waals surface area (Å²) in [6.45, 7) is 4.74. The molecule has 4 rings (SSSR count). The van der Waals surface area contributed by atoms with Gasteiger partial charge in [0.2, 0.25) is 0 Å². The normalized spacial score (nSPS) is 44.6. The third-order valence-electron chi connectivity index (χ3n) is 8.00. The summed E-state index contributed by atoms with van der Waals surface area (Å²) in [4.78, 5) is 22.9. The second kappa shape index (κ2) is 5.68. The number of nitrogens with zero attached hydrogens (tertiary/aromatic N) is 1. The number of hydrazone groups is 1. The highest BCUT2D eigenvalue weighted by molar-refractivity contribution is 5.93. The second-order valence-electron chi connectivity index (χ2n) is 9.00. The van der Waals surface area contributed by atoms with Crippen LogP contribution in [0.15, 0.2) is 16.8 Å². The van der Waals surface area contributed by atoms with E-state index in [-0.39, 0.29) is 10.8 Å². The van der Waals surface area contributed by atoms with Crippen LogP contribution < -0.4 is 11.2 Å². The van der Waals surface area contributed by atoms with Crippen molar-refractivity contribution in [1.29, 1.82) is 0 Å². The molecule has 0 heterocycles. The number of carbonyl (C=O) groups is 2. The van der Waals surface area contributed by atoms with Crippen LogP contribution in [-0.2, 0) is 4.79 Å². The molecule has 5 nitrogen and oxygen atoms in total. The minimum Gasteiger partial charge on any atom is -0.350 e. The Kier molecular flexibility index (Phi) is 3.82. The predicted octanol–water partition coefficient (Wildman–Crippen LogP) is 3.54. The molecule has 5 heteroatoms. The molecule has 0 aromatic rings. The summed E-state index contributed by atoms with van der Waals surface area (Å²) in [7, 11) is 0. The first-order valence-corrected chi connectivity index (χ1v) is 9.71. The Morgan fingerprint density at radius 1 is 1.12 bits per heavy atom. The molecule has 4 aliphatic carbocycles. The number of carbonyl (C=O) groups excluding carboxylic acids is 2. The highest BCUT2D eigenvalue weighted by atomic mass is 16.2. The van der Waals surface area contributed by atoms with E-state index in [0.29, 0.717) is 30.0 Å². The number of fused-ring (bicyclic) bond motifs is 5. The van der Waals surface area contributed by atoms with E-state index in [1.54, 1.807) is 0 Å². The van der Waals surface area contributed by atoms with Gasteiger partial charge in [-0.2, -0.15) is 5.10 Å². The van der Waals surface area contributed by atoms with Crippen LogP contribution in [0, 0.1) is 28.6 Å². The van der Waals surface area contributed by atoms with Gasteiger partial charge in [-0.25, -0.2) is 10.2 Å². The summed E-state index contributed by atoms with van der Waals surface area (Å²) in [5.41, 5.74) is 10.5. The molecule has 0 saturated heterocycles. The number of nitrogens with two attached hydrogens (primary N) is 1. The van der Waals surface area contributed by atoms with Crippen LogP contribution in [0.5, 0.6) is 0 Å². The molecular weight excluding hydrogens is 314 g/mol. The Morgan fingerprint density at radius 2 is 1.88 bits per heavy atom. The number of hydrogen-bond donors (Lipinski definition) is 2. The van der Waals surface area contributed by atoms with Crippen LogP contribution >= 0.6 is 0 Å². The quantitative estimate of drug-likeness (QED) is 0.714. The molecule has 3 fully saturated rings. The molecule has 0 aromatic heterocycles. The minimum absolute atomic E-state index is 0.0890. The Hall–Kier alpha value is -1.65. The average Bonchev–Trinajstić information content (AvgIpc) is 2.90. The maximum Gasteiger partial charge on any atom is 0.332 e. The Morgan fingerprint density at radius 3 is 2.64 bits per heavy atom. The maximum absolute atomic E-state index is 11.9. The third-order valence-corrected chi connectivity index (χ3v) is 8.00. The van der Waals surface area contributed by atoms with E-state index < -0.39 is 6.03 Å². The zero-order chi connectivity index (χ0) is 17.8. The molecule has 25 heavy (non-hydrogen) atoms. The van der Waals surface area contributed by atoms with Gasteiger partial charge in [-0.1, -0.05) is 19.4 Å². The SMILES string of the molecule is C[C@]12CCC(=O)C=C1CC[C@H]1[C@H]2CC[C@]2(C)/C(=N\NC(N)=O)CC[C@@H]12. The molecule has 0 bridgehead atoms. The largest absolute Gasteiger partial charge is 0.350 e. The van der Waals surface area contributed by atoms with Crippen molar-refractivity contribution >= 4 is 17.5 Å². The molecule has 136 valence electrons. The topological polar surface area (TPSA) is 84.6 Å². The number of amides is 2. The number of allylic oxidation sites excluding steroid dienone is 1. The lowest BCUT2D eigenvalue weighted by Crippen LogP contribution is -2.50. The van der Waals surface area contributed by atoms with Crippen LogP contribution in [0.25, 0.3) is 0 Å². The fourth-order valence-corrected chi connectivity index (χ4v) is 6.65.